The molecule has 1 aliphatic heterocycles. The number of hydrogen-bond donors (Lipinski definition) is 0. The predicted molar refractivity (Wildman–Crippen MR) is 94.8 cm³/mol. The molecule has 4 rings (SSSR count). The van der Waals surface area contributed by atoms with Crippen molar-refractivity contribution in [2.45, 2.75) is 23.2 Å². The Morgan fingerprint density at radius 3 is 2.73 bits per heavy atom. The molecule has 0 saturated heterocycles. The van der Waals surface area contributed by atoms with Crippen LogP contribution in [-0.4, -0.2) is 31.8 Å². The van der Waals surface area contributed by atoms with Crippen LogP contribution in [0.5, 0.6) is 0 Å². The number of aliphatic carboxylic acids is 1. The Hall–Kier alpha value is -2.52. The van der Waals surface area contributed by atoms with Gasteiger partial charge in [0.05, 0.1) is 15.8 Å². The highest BCUT2D eigenvalue weighted by atomic mass is 32.2. The molecule has 6 nitrogen and oxygen atoms in total. The zero-order valence-electron chi connectivity index (χ0n) is 13.3. The average Bonchev–Trinajstić information content (AvgIpc) is 3.26. The summed E-state index contributed by atoms with van der Waals surface area (Å²) < 4.78 is 14.7. The molecule has 9 heteroatoms. The second-order valence-corrected chi connectivity index (χ2v) is 7.78. The summed E-state index contributed by atoms with van der Waals surface area (Å²) in [4.78, 5) is 12.0. The first-order valence-corrected chi connectivity index (χ1v) is 9.54. The summed E-state index contributed by atoms with van der Waals surface area (Å²) in [6.45, 7) is 0. The first-order chi connectivity index (χ1) is 12.6. The molecule has 3 heterocycles. The maximum atomic E-state index is 13.1. The van der Waals surface area contributed by atoms with E-state index in [1.807, 2.05) is 17.5 Å². The third kappa shape index (κ3) is 3.40. The highest BCUT2D eigenvalue weighted by Crippen LogP contribution is 2.33. The van der Waals surface area contributed by atoms with Crippen LogP contribution in [0.15, 0.2) is 52.0 Å². The highest BCUT2D eigenvalue weighted by molar-refractivity contribution is 8.00. The lowest BCUT2D eigenvalue weighted by Crippen LogP contribution is -2.32. The minimum absolute atomic E-state index is 0.151. The van der Waals surface area contributed by atoms with Gasteiger partial charge in [0.2, 0.25) is 5.16 Å². The molecule has 0 radical (unpaired) electrons. The van der Waals surface area contributed by atoms with E-state index < -0.39 is 5.97 Å². The lowest BCUT2D eigenvalue weighted by atomic mass is 10.1. The first kappa shape index (κ1) is 16.9. The Morgan fingerprint density at radius 1 is 1.23 bits per heavy atom. The van der Waals surface area contributed by atoms with Crippen molar-refractivity contribution in [3.8, 4) is 0 Å². The van der Waals surface area contributed by atoms with E-state index in [4.69, 9.17) is 0 Å². The summed E-state index contributed by atoms with van der Waals surface area (Å²) in [5.74, 6) is -0.818. The van der Waals surface area contributed by atoms with Crippen molar-refractivity contribution in [1.29, 1.82) is 0 Å². The van der Waals surface area contributed by atoms with Crippen molar-refractivity contribution < 1.29 is 14.3 Å². The molecule has 1 aromatic carbocycles. The third-order valence-corrected chi connectivity index (χ3v) is 5.87. The smallest absolute Gasteiger partial charge is 0.212 e. The Morgan fingerprint density at radius 2 is 2.04 bits per heavy atom. The number of carbonyl (C=O) groups is 1. The Labute approximate surface area is 156 Å². The van der Waals surface area contributed by atoms with Gasteiger partial charge in [0.1, 0.15) is 5.82 Å². The van der Waals surface area contributed by atoms with E-state index in [-0.39, 0.29) is 17.5 Å². The third-order valence-electron chi connectivity index (χ3n) is 3.84. The first-order valence-electron chi connectivity index (χ1n) is 7.78. The number of fused-ring (bicyclic) bond motifs is 1. The number of carboxylic acid groups (broad SMARTS) is 1. The van der Waals surface area contributed by atoms with Gasteiger partial charge in [-0.1, -0.05) is 30.0 Å². The van der Waals surface area contributed by atoms with Crippen LogP contribution in [0.25, 0.3) is 0 Å². The molecule has 2 aromatic heterocycles. The Balaban J connectivity index is 1.70. The molecule has 3 aromatic rings. The number of carbonyl (C=O) groups excluding carboxylic acids is 1. The van der Waals surface area contributed by atoms with Crippen LogP contribution < -0.4 is 5.11 Å². The summed E-state index contributed by atoms with van der Waals surface area (Å²) >= 11 is 2.81. The van der Waals surface area contributed by atoms with Crippen molar-refractivity contribution in [3.63, 3.8) is 0 Å². The van der Waals surface area contributed by atoms with Crippen molar-refractivity contribution in [2.75, 3.05) is 0 Å². The topological polar surface area (TPSA) is 83.2 Å². The molecular weight excluding hydrogens is 375 g/mol. The van der Waals surface area contributed by atoms with Crippen LogP contribution in [0, 0.1) is 5.82 Å². The molecule has 0 unspecified atom stereocenters. The number of nitrogens with zero attached hydrogens (tertiary/aromatic N) is 4. The minimum atomic E-state index is -1.13. The maximum Gasteiger partial charge on any atom is 0.212 e. The van der Waals surface area contributed by atoms with Gasteiger partial charge >= 0.3 is 0 Å². The summed E-state index contributed by atoms with van der Waals surface area (Å²) in [6, 6.07) is 9.97. The van der Waals surface area contributed by atoms with Crippen LogP contribution in [0.4, 0.5) is 4.39 Å². The van der Waals surface area contributed by atoms with E-state index in [0.717, 1.165) is 10.4 Å². The van der Waals surface area contributed by atoms with Gasteiger partial charge in [-0.3, -0.25) is 0 Å². The number of thioether (sulfide) groups is 1. The van der Waals surface area contributed by atoms with Crippen molar-refractivity contribution in [3.05, 3.63) is 63.9 Å². The molecule has 0 N–H and O–H groups in total. The van der Waals surface area contributed by atoms with Crippen molar-refractivity contribution >= 4 is 34.8 Å². The fraction of sp³-hybridized carbons (Fsp3) is 0.176. The van der Waals surface area contributed by atoms with Gasteiger partial charge in [-0.2, -0.15) is 9.78 Å². The van der Waals surface area contributed by atoms with E-state index >= 15 is 0 Å². The molecule has 0 aliphatic carbocycles. The summed E-state index contributed by atoms with van der Waals surface area (Å²) in [7, 11) is 0. The number of thiophene rings is 1. The fourth-order valence-electron chi connectivity index (χ4n) is 2.64. The molecule has 132 valence electrons. The van der Waals surface area contributed by atoms with E-state index in [1.165, 1.54) is 35.2 Å². The monoisotopic (exact) mass is 387 g/mol. The number of hydrogen-bond acceptors (Lipinski definition) is 7. The van der Waals surface area contributed by atoms with Gasteiger partial charge in [-0.05, 0) is 29.1 Å². The van der Waals surface area contributed by atoms with Crippen molar-refractivity contribution in [1.82, 2.24) is 14.9 Å². The standard InChI is InChI=1S/C17H13FN4O2S2/c18-11-5-3-10(4-6-11)8-14-19-20-17-22(14)21-16(12-2-1-7-25-12)13(26-17)9-15(23)24/h1-7,13H,8-9H2,(H,23,24)/p-1/t13-/m1/s1. The lowest BCUT2D eigenvalue weighted by Gasteiger charge is -2.22. The SMILES string of the molecule is O=C([O-])C[C@H]1Sc2nnc(Cc3ccc(F)cc3)n2N=C1c1cccs1. The van der Waals surface area contributed by atoms with Crippen LogP contribution >= 0.6 is 23.1 Å². The number of aromatic nitrogens is 3. The van der Waals surface area contributed by atoms with Gasteiger partial charge in [-0.25, -0.2) is 4.39 Å². The number of benzene rings is 1. The summed E-state index contributed by atoms with van der Waals surface area (Å²) in [5.41, 5.74) is 1.55. The molecule has 0 fully saturated rings. The minimum Gasteiger partial charge on any atom is -0.550 e. The van der Waals surface area contributed by atoms with Crippen LogP contribution in [0.2, 0.25) is 0 Å². The molecule has 1 atom stereocenters. The second-order valence-electron chi connectivity index (χ2n) is 5.66. The zero-order valence-corrected chi connectivity index (χ0v) is 15.0. The lowest BCUT2D eigenvalue weighted by molar-refractivity contribution is -0.305. The molecular formula is C17H12FN4O2S2-. The van der Waals surface area contributed by atoms with E-state index in [2.05, 4.69) is 15.3 Å². The second kappa shape index (κ2) is 7.00. The zero-order chi connectivity index (χ0) is 18.1. The fourth-order valence-corrected chi connectivity index (χ4v) is 4.57. The van der Waals surface area contributed by atoms with Gasteiger partial charge < -0.3 is 9.90 Å². The summed E-state index contributed by atoms with van der Waals surface area (Å²) in [5, 5.41) is 26.1. The van der Waals surface area contributed by atoms with Gasteiger partial charge in [0.25, 0.3) is 0 Å². The van der Waals surface area contributed by atoms with Crippen molar-refractivity contribution in [2.24, 2.45) is 5.10 Å². The van der Waals surface area contributed by atoms with Gasteiger partial charge in [0.15, 0.2) is 5.82 Å². The van der Waals surface area contributed by atoms with Crippen LogP contribution in [0.3, 0.4) is 0 Å². The van der Waals surface area contributed by atoms with Gasteiger partial charge in [-0.15, -0.1) is 21.5 Å². The maximum absolute atomic E-state index is 13.1. The molecule has 1 aliphatic rings. The van der Waals surface area contributed by atoms with E-state index in [9.17, 15) is 14.3 Å². The molecule has 0 amide bonds. The number of rotatable bonds is 5. The van der Waals surface area contributed by atoms with E-state index in [0.29, 0.717) is 23.1 Å². The molecule has 0 saturated carbocycles. The normalized spacial score (nSPS) is 16.2. The average molecular weight is 387 g/mol. The molecule has 26 heavy (non-hydrogen) atoms. The number of halogens is 1. The molecule has 0 bridgehead atoms. The Kier molecular flexibility index (Phi) is 4.56. The van der Waals surface area contributed by atoms with Crippen LogP contribution in [-0.2, 0) is 11.2 Å². The van der Waals surface area contributed by atoms with Crippen LogP contribution in [0.1, 0.15) is 22.7 Å². The highest BCUT2D eigenvalue weighted by Gasteiger charge is 2.29. The summed E-state index contributed by atoms with van der Waals surface area (Å²) in [6.07, 6.45) is 0.293. The quantitative estimate of drug-likeness (QED) is 0.668. The number of carboxylic acids is 1. The Bertz CT molecular complexity index is 967. The van der Waals surface area contributed by atoms with E-state index in [1.54, 1.807) is 16.8 Å². The largest absolute Gasteiger partial charge is 0.550 e. The van der Waals surface area contributed by atoms with Gasteiger partial charge in [0, 0.05) is 18.8 Å². The molecule has 0 spiro atoms. The predicted octanol–water partition coefficient (Wildman–Crippen LogP) is 1.94.